The maximum absolute atomic E-state index is 6.33. The minimum atomic E-state index is 0.587. The maximum atomic E-state index is 6.33. The Labute approximate surface area is 144 Å². The number of thioether (sulfide) groups is 1. The summed E-state index contributed by atoms with van der Waals surface area (Å²) in [5.41, 5.74) is 1.06. The third-order valence-corrected chi connectivity index (χ3v) is 4.76. The molecule has 2 aromatic rings. The van der Waals surface area contributed by atoms with Gasteiger partial charge in [-0.2, -0.15) is 0 Å². The monoisotopic (exact) mass is 351 g/mol. The molecule has 0 fully saturated rings. The van der Waals surface area contributed by atoms with Crippen molar-refractivity contribution in [1.82, 2.24) is 14.8 Å². The van der Waals surface area contributed by atoms with Gasteiger partial charge in [0.2, 0.25) is 0 Å². The van der Waals surface area contributed by atoms with Crippen LogP contribution in [-0.4, -0.2) is 28.0 Å². The van der Waals surface area contributed by atoms with Crippen molar-refractivity contribution < 1.29 is 9.47 Å². The van der Waals surface area contributed by atoms with E-state index in [0.717, 1.165) is 28.7 Å². The summed E-state index contributed by atoms with van der Waals surface area (Å²) in [6, 6.07) is 3.91. The molecule has 7 heteroatoms. The van der Waals surface area contributed by atoms with Crippen molar-refractivity contribution in [2.45, 2.75) is 30.8 Å². The van der Waals surface area contributed by atoms with Crippen LogP contribution in [0.5, 0.6) is 11.5 Å². The average Bonchev–Trinajstić information content (AvgIpc) is 2.75. The summed E-state index contributed by atoms with van der Waals surface area (Å²) in [5, 5.41) is 9.79. The number of allylic oxidation sites excluding steroid dienone is 1. The van der Waals surface area contributed by atoms with Crippen molar-refractivity contribution >= 4 is 23.4 Å². The molecule has 0 amide bonds. The smallest absolute Gasteiger partial charge is 0.191 e. The fourth-order valence-electron chi connectivity index (χ4n) is 2.32. The van der Waals surface area contributed by atoms with Gasteiger partial charge in [0.1, 0.15) is 5.82 Å². The lowest BCUT2D eigenvalue weighted by Gasteiger charge is -2.11. The van der Waals surface area contributed by atoms with Gasteiger partial charge >= 0.3 is 0 Å². The summed E-state index contributed by atoms with van der Waals surface area (Å²) in [4.78, 5) is 0. The molecule has 23 heavy (non-hydrogen) atoms. The Morgan fingerprint density at radius 1 is 1.35 bits per heavy atom. The van der Waals surface area contributed by atoms with Crippen LogP contribution in [0.1, 0.15) is 17.8 Å². The predicted octanol–water partition coefficient (Wildman–Crippen LogP) is 3.88. The van der Waals surface area contributed by atoms with Crippen LogP contribution in [-0.2, 0) is 12.3 Å². The molecule has 0 spiro atoms. The van der Waals surface area contributed by atoms with Crippen LogP contribution >= 0.6 is 23.4 Å². The molecule has 1 aliphatic rings. The van der Waals surface area contributed by atoms with Crippen LogP contribution in [0.2, 0.25) is 5.02 Å². The molecule has 2 heterocycles. The van der Waals surface area contributed by atoms with Gasteiger partial charge in [0.25, 0.3) is 0 Å². The highest BCUT2D eigenvalue weighted by molar-refractivity contribution is 7.98. The van der Waals surface area contributed by atoms with Gasteiger partial charge < -0.3 is 14.0 Å². The standard InChI is InChI=1S/C16H18ClN3O2S/c1-3-5-20-11(2)18-19-16(20)23-10-12-8-13(17)15-14(9-12)21-6-4-7-22-15/h3,8-9H,1,4-7,10H2,2H3. The van der Waals surface area contributed by atoms with Gasteiger partial charge in [-0.15, -0.1) is 16.8 Å². The number of fused-ring (bicyclic) bond motifs is 1. The van der Waals surface area contributed by atoms with Crippen LogP contribution in [0.15, 0.2) is 29.9 Å². The molecular weight excluding hydrogens is 334 g/mol. The molecule has 0 atom stereocenters. The number of hydrogen-bond donors (Lipinski definition) is 0. The molecule has 0 N–H and O–H groups in total. The summed E-state index contributed by atoms with van der Waals surface area (Å²) in [6.45, 7) is 7.68. The fraction of sp³-hybridized carbons (Fsp3) is 0.375. The number of rotatable bonds is 5. The number of aryl methyl sites for hydroxylation is 1. The van der Waals surface area contributed by atoms with Gasteiger partial charge in [0, 0.05) is 18.7 Å². The van der Waals surface area contributed by atoms with Gasteiger partial charge in [-0.1, -0.05) is 29.4 Å². The van der Waals surface area contributed by atoms with Crippen LogP contribution in [0.25, 0.3) is 0 Å². The molecule has 0 radical (unpaired) electrons. The van der Waals surface area contributed by atoms with Crippen molar-refractivity contribution in [2.75, 3.05) is 13.2 Å². The molecule has 0 bridgehead atoms. The second-order valence-electron chi connectivity index (χ2n) is 5.17. The Morgan fingerprint density at radius 3 is 3.00 bits per heavy atom. The van der Waals surface area contributed by atoms with E-state index < -0.39 is 0 Å². The normalized spacial score (nSPS) is 13.7. The predicted molar refractivity (Wildman–Crippen MR) is 91.6 cm³/mol. The molecule has 0 saturated heterocycles. The topological polar surface area (TPSA) is 49.2 Å². The van der Waals surface area contributed by atoms with Crippen molar-refractivity contribution in [1.29, 1.82) is 0 Å². The number of nitrogens with zero attached hydrogens (tertiary/aromatic N) is 3. The first-order chi connectivity index (χ1) is 11.2. The summed E-state index contributed by atoms with van der Waals surface area (Å²) in [6.07, 6.45) is 2.70. The zero-order chi connectivity index (χ0) is 16.2. The molecule has 122 valence electrons. The number of benzene rings is 1. The molecule has 0 saturated carbocycles. The largest absolute Gasteiger partial charge is 0.489 e. The Hall–Kier alpha value is -1.66. The van der Waals surface area contributed by atoms with Gasteiger partial charge in [0.05, 0.1) is 18.2 Å². The van der Waals surface area contributed by atoms with Crippen molar-refractivity contribution in [3.63, 3.8) is 0 Å². The lowest BCUT2D eigenvalue weighted by atomic mass is 10.2. The molecular formula is C16H18ClN3O2S. The van der Waals surface area contributed by atoms with Crippen LogP contribution in [0.4, 0.5) is 0 Å². The summed E-state index contributed by atoms with van der Waals surface area (Å²) in [7, 11) is 0. The van der Waals surface area contributed by atoms with E-state index in [2.05, 4.69) is 16.8 Å². The van der Waals surface area contributed by atoms with E-state index in [9.17, 15) is 0 Å². The van der Waals surface area contributed by atoms with Crippen molar-refractivity contribution in [2.24, 2.45) is 0 Å². The highest BCUT2D eigenvalue weighted by atomic mass is 35.5. The molecule has 5 nitrogen and oxygen atoms in total. The highest BCUT2D eigenvalue weighted by Gasteiger charge is 2.16. The van der Waals surface area contributed by atoms with Crippen molar-refractivity contribution in [3.8, 4) is 11.5 Å². The van der Waals surface area contributed by atoms with E-state index in [-0.39, 0.29) is 0 Å². The van der Waals surface area contributed by atoms with Crippen LogP contribution < -0.4 is 9.47 Å². The number of hydrogen-bond acceptors (Lipinski definition) is 5. The Balaban J connectivity index is 1.77. The van der Waals surface area contributed by atoms with Gasteiger partial charge in [0.15, 0.2) is 16.7 Å². The first kappa shape index (κ1) is 16.2. The van der Waals surface area contributed by atoms with Gasteiger partial charge in [-0.25, -0.2) is 0 Å². The van der Waals surface area contributed by atoms with Crippen LogP contribution in [0.3, 0.4) is 0 Å². The Kier molecular flexibility index (Phi) is 5.13. The highest BCUT2D eigenvalue weighted by Crippen LogP contribution is 2.39. The molecule has 1 aromatic carbocycles. The third-order valence-electron chi connectivity index (χ3n) is 3.44. The summed E-state index contributed by atoms with van der Waals surface area (Å²) in [5.74, 6) is 2.97. The number of aromatic nitrogens is 3. The quantitative estimate of drug-likeness (QED) is 0.604. The van der Waals surface area contributed by atoms with E-state index in [0.29, 0.717) is 36.3 Å². The van der Waals surface area contributed by atoms with E-state index in [4.69, 9.17) is 21.1 Å². The molecule has 0 aliphatic carbocycles. The average molecular weight is 352 g/mol. The van der Waals surface area contributed by atoms with E-state index in [1.54, 1.807) is 11.8 Å². The minimum absolute atomic E-state index is 0.587. The second kappa shape index (κ2) is 7.27. The first-order valence-corrected chi connectivity index (χ1v) is 8.77. The lowest BCUT2D eigenvalue weighted by Crippen LogP contribution is -2.00. The Bertz CT molecular complexity index is 718. The fourth-order valence-corrected chi connectivity index (χ4v) is 3.53. The summed E-state index contributed by atoms with van der Waals surface area (Å²) < 4.78 is 13.4. The zero-order valence-corrected chi connectivity index (χ0v) is 14.5. The zero-order valence-electron chi connectivity index (χ0n) is 12.9. The summed E-state index contributed by atoms with van der Waals surface area (Å²) >= 11 is 7.94. The number of ether oxygens (including phenoxy) is 2. The van der Waals surface area contributed by atoms with E-state index >= 15 is 0 Å². The van der Waals surface area contributed by atoms with Gasteiger partial charge in [-0.05, 0) is 24.6 Å². The van der Waals surface area contributed by atoms with Crippen molar-refractivity contribution in [3.05, 3.63) is 41.2 Å². The maximum Gasteiger partial charge on any atom is 0.191 e. The molecule has 1 aromatic heterocycles. The van der Waals surface area contributed by atoms with Gasteiger partial charge in [-0.3, -0.25) is 0 Å². The van der Waals surface area contributed by atoms with E-state index in [1.807, 2.05) is 29.7 Å². The molecule has 3 rings (SSSR count). The lowest BCUT2D eigenvalue weighted by molar-refractivity contribution is 0.297. The Morgan fingerprint density at radius 2 is 2.17 bits per heavy atom. The first-order valence-electron chi connectivity index (χ1n) is 7.40. The SMILES string of the molecule is C=CCn1c(C)nnc1SCc1cc(Cl)c2c(c1)OCCCO2. The second-order valence-corrected chi connectivity index (χ2v) is 6.52. The number of halogens is 1. The van der Waals surface area contributed by atoms with Crippen LogP contribution in [0, 0.1) is 6.92 Å². The molecule has 1 aliphatic heterocycles. The molecule has 0 unspecified atom stereocenters. The third kappa shape index (κ3) is 3.64. The van der Waals surface area contributed by atoms with E-state index in [1.165, 1.54) is 0 Å². The minimum Gasteiger partial charge on any atom is -0.489 e.